The summed E-state index contributed by atoms with van der Waals surface area (Å²) in [5.74, 6) is 0.126. The summed E-state index contributed by atoms with van der Waals surface area (Å²) in [6, 6.07) is 6.04. The van der Waals surface area contributed by atoms with Crippen LogP contribution in [0.1, 0.15) is 50.5 Å². The number of rotatable bonds is 2. The molecule has 0 saturated carbocycles. The fourth-order valence-electron chi connectivity index (χ4n) is 2.73. The van der Waals surface area contributed by atoms with Gasteiger partial charge in [0, 0.05) is 19.4 Å². The van der Waals surface area contributed by atoms with E-state index in [2.05, 4.69) is 37.9 Å². The number of thiophene rings is 1. The molecular formula is C17H16Br2OS. The normalized spacial score (nSPS) is 14.6. The maximum absolute atomic E-state index is 12.8. The predicted molar refractivity (Wildman–Crippen MR) is 95.6 cm³/mol. The predicted octanol–water partition coefficient (Wildman–Crippen LogP) is 6.08. The Labute approximate surface area is 146 Å². The van der Waals surface area contributed by atoms with Crippen LogP contribution in [0, 0.1) is 6.92 Å². The molecule has 1 nitrogen and oxygen atoms in total. The van der Waals surface area contributed by atoms with Crippen LogP contribution >= 0.6 is 43.2 Å². The number of benzene rings is 1. The molecule has 0 saturated heterocycles. The maximum Gasteiger partial charge on any atom is 0.204 e. The van der Waals surface area contributed by atoms with Crippen molar-refractivity contribution in [3.05, 3.63) is 53.6 Å². The van der Waals surface area contributed by atoms with Gasteiger partial charge in [-0.05, 0) is 61.9 Å². The molecule has 4 heteroatoms. The van der Waals surface area contributed by atoms with E-state index in [-0.39, 0.29) is 5.78 Å². The Morgan fingerprint density at radius 2 is 1.81 bits per heavy atom. The fourth-order valence-corrected chi connectivity index (χ4v) is 4.92. The first-order valence-corrected chi connectivity index (χ1v) is 9.58. The molecule has 0 amide bonds. The van der Waals surface area contributed by atoms with Crippen LogP contribution < -0.4 is 0 Å². The van der Waals surface area contributed by atoms with E-state index < -0.39 is 0 Å². The number of aryl methyl sites for hydroxylation is 3. The standard InChI is InChI=1S/C17H16Br2OS/c1-10-7-14(19)12(9-13(10)18)17(20)16-8-11-5-3-2-4-6-15(11)21-16/h7-9H,2-6H2,1H3. The number of halogens is 2. The molecule has 0 unspecified atom stereocenters. The SMILES string of the molecule is Cc1cc(Br)c(C(=O)c2cc3c(s2)CCCCC3)cc1Br. The summed E-state index contributed by atoms with van der Waals surface area (Å²) in [4.78, 5) is 15.1. The average Bonchev–Trinajstić information content (AvgIpc) is 2.73. The molecule has 0 bridgehead atoms. The van der Waals surface area contributed by atoms with E-state index in [0.29, 0.717) is 0 Å². The van der Waals surface area contributed by atoms with Crippen molar-refractivity contribution in [3.8, 4) is 0 Å². The van der Waals surface area contributed by atoms with Gasteiger partial charge in [0.05, 0.1) is 4.88 Å². The maximum atomic E-state index is 12.8. The van der Waals surface area contributed by atoms with Gasteiger partial charge in [-0.2, -0.15) is 0 Å². The lowest BCUT2D eigenvalue weighted by Gasteiger charge is -2.06. The Balaban J connectivity index is 1.97. The highest BCUT2D eigenvalue weighted by atomic mass is 79.9. The summed E-state index contributed by atoms with van der Waals surface area (Å²) in [5, 5.41) is 0. The molecule has 1 aromatic heterocycles. The van der Waals surface area contributed by atoms with Crippen molar-refractivity contribution < 1.29 is 4.79 Å². The minimum absolute atomic E-state index is 0.126. The molecule has 110 valence electrons. The highest BCUT2D eigenvalue weighted by Crippen LogP contribution is 2.33. The van der Waals surface area contributed by atoms with Crippen molar-refractivity contribution in [2.24, 2.45) is 0 Å². The fraction of sp³-hybridized carbons (Fsp3) is 0.353. The molecule has 0 spiro atoms. The van der Waals surface area contributed by atoms with Gasteiger partial charge in [-0.3, -0.25) is 4.79 Å². The zero-order valence-electron chi connectivity index (χ0n) is 11.8. The molecular weight excluding hydrogens is 412 g/mol. The average molecular weight is 428 g/mol. The Morgan fingerprint density at radius 3 is 2.62 bits per heavy atom. The second-order valence-corrected chi connectivity index (χ2v) is 8.38. The minimum atomic E-state index is 0.126. The van der Waals surface area contributed by atoms with Gasteiger partial charge in [0.2, 0.25) is 5.78 Å². The molecule has 0 atom stereocenters. The smallest absolute Gasteiger partial charge is 0.204 e. The van der Waals surface area contributed by atoms with Gasteiger partial charge < -0.3 is 0 Å². The molecule has 3 rings (SSSR count). The second kappa shape index (κ2) is 6.35. The first kappa shape index (κ1) is 15.4. The number of hydrogen-bond acceptors (Lipinski definition) is 2. The van der Waals surface area contributed by atoms with E-state index in [1.165, 1.54) is 29.7 Å². The lowest BCUT2D eigenvalue weighted by molar-refractivity contribution is 0.104. The van der Waals surface area contributed by atoms with Crippen LogP contribution in [0.3, 0.4) is 0 Å². The van der Waals surface area contributed by atoms with E-state index >= 15 is 0 Å². The molecule has 0 aliphatic heterocycles. The third-order valence-corrected chi connectivity index (χ3v) is 6.71. The summed E-state index contributed by atoms with van der Waals surface area (Å²) in [7, 11) is 0. The van der Waals surface area contributed by atoms with Crippen LogP contribution in [-0.2, 0) is 12.8 Å². The molecule has 0 radical (unpaired) electrons. The highest BCUT2D eigenvalue weighted by molar-refractivity contribution is 9.11. The van der Waals surface area contributed by atoms with E-state index in [9.17, 15) is 4.79 Å². The molecule has 2 aromatic rings. The van der Waals surface area contributed by atoms with Crippen LogP contribution in [-0.4, -0.2) is 5.78 Å². The number of hydrogen-bond donors (Lipinski definition) is 0. The van der Waals surface area contributed by atoms with Gasteiger partial charge in [-0.15, -0.1) is 11.3 Å². The Hall–Kier alpha value is -0.450. The van der Waals surface area contributed by atoms with Crippen molar-refractivity contribution in [1.29, 1.82) is 0 Å². The summed E-state index contributed by atoms with van der Waals surface area (Å²) < 4.78 is 1.85. The minimum Gasteiger partial charge on any atom is -0.288 e. The zero-order chi connectivity index (χ0) is 15.0. The molecule has 1 heterocycles. The molecule has 1 aliphatic carbocycles. The second-order valence-electron chi connectivity index (χ2n) is 5.53. The van der Waals surface area contributed by atoms with Crippen molar-refractivity contribution in [1.82, 2.24) is 0 Å². The first-order valence-electron chi connectivity index (χ1n) is 7.18. The van der Waals surface area contributed by atoms with Crippen LogP contribution in [0.25, 0.3) is 0 Å². The quantitative estimate of drug-likeness (QED) is 0.419. The lowest BCUT2D eigenvalue weighted by Crippen LogP contribution is -2.01. The van der Waals surface area contributed by atoms with E-state index in [0.717, 1.165) is 37.8 Å². The molecule has 0 N–H and O–H groups in total. The van der Waals surface area contributed by atoms with Crippen LogP contribution in [0.2, 0.25) is 0 Å². The van der Waals surface area contributed by atoms with Crippen LogP contribution in [0.15, 0.2) is 27.1 Å². The van der Waals surface area contributed by atoms with Crippen LogP contribution in [0.4, 0.5) is 0 Å². The molecule has 21 heavy (non-hydrogen) atoms. The molecule has 1 aromatic carbocycles. The summed E-state index contributed by atoms with van der Waals surface area (Å²) in [6.45, 7) is 2.02. The van der Waals surface area contributed by atoms with Gasteiger partial charge in [0.1, 0.15) is 0 Å². The Kier molecular flexibility index (Phi) is 4.67. The largest absolute Gasteiger partial charge is 0.288 e. The van der Waals surface area contributed by atoms with Gasteiger partial charge >= 0.3 is 0 Å². The Bertz CT molecular complexity index is 680. The highest BCUT2D eigenvalue weighted by Gasteiger charge is 2.20. The molecule has 1 aliphatic rings. The third-order valence-electron chi connectivity index (χ3n) is 3.96. The zero-order valence-corrected chi connectivity index (χ0v) is 15.8. The van der Waals surface area contributed by atoms with E-state index in [1.807, 2.05) is 19.1 Å². The van der Waals surface area contributed by atoms with E-state index in [1.54, 1.807) is 11.3 Å². The lowest BCUT2D eigenvalue weighted by atomic mass is 10.1. The third kappa shape index (κ3) is 3.17. The summed E-state index contributed by atoms with van der Waals surface area (Å²) in [5.41, 5.74) is 3.26. The Morgan fingerprint density at radius 1 is 1.05 bits per heavy atom. The van der Waals surface area contributed by atoms with Gasteiger partial charge in [-0.25, -0.2) is 0 Å². The van der Waals surface area contributed by atoms with Crippen molar-refractivity contribution in [2.45, 2.75) is 39.0 Å². The summed E-state index contributed by atoms with van der Waals surface area (Å²) in [6.07, 6.45) is 6.06. The topological polar surface area (TPSA) is 17.1 Å². The van der Waals surface area contributed by atoms with Crippen molar-refractivity contribution in [3.63, 3.8) is 0 Å². The monoisotopic (exact) mass is 426 g/mol. The molecule has 0 fully saturated rings. The van der Waals surface area contributed by atoms with Crippen LogP contribution in [0.5, 0.6) is 0 Å². The van der Waals surface area contributed by atoms with Crippen molar-refractivity contribution in [2.75, 3.05) is 0 Å². The first-order chi connectivity index (χ1) is 10.1. The number of carbonyl (C=O) groups excluding carboxylic acids is 1. The number of ketones is 1. The van der Waals surface area contributed by atoms with Gasteiger partial charge in [0.25, 0.3) is 0 Å². The van der Waals surface area contributed by atoms with E-state index in [4.69, 9.17) is 0 Å². The van der Waals surface area contributed by atoms with Crippen molar-refractivity contribution >= 4 is 49.0 Å². The number of fused-ring (bicyclic) bond motifs is 1. The van der Waals surface area contributed by atoms with Gasteiger partial charge in [-0.1, -0.05) is 38.3 Å². The van der Waals surface area contributed by atoms with Gasteiger partial charge in [0.15, 0.2) is 0 Å². The number of carbonyl (C=O) groups is 1. The summed E-state index contributed by atoms with van der Waals surface area (Å²) >= 11 is 8.73.